The van der Waals surface area contributed by atoms with Crippen molar-refractivity contribution in [3.8, 4) is 11.1 Å². The van der Waals surface area contributed by atoms with Crippen LogP contribution in [0.15, 0.2) is 88.4 Å². The van der Waals surface area contributed by atoms with E-state index in [2.05, 4.69) is 5.32 Å². The number of nitrogens with zero attached hydrogens (tertiary/aromatic N) is 1. The monoisotopic (exact) mass is 478 g/mol. The van der Waals surface area contributed by atoms with Crippen LogP contribution in [0.2, 0.25) is 0 Å². The topological polar surface area (TPSA) is 79.6 Å². The van der Waals surface area contributed by atoms with Gasteiger partial charge in [0.2, 0.25) is 11.0 Å². The smallest absolute Gasteiger partial charge is 0.277 e. The van der Waals surface area contributed by atoms with Crippen molar-refractivity contribution >= 4 is 26.9 Å². The fourth-order valence-corrected chi connectivity index (χ4v) is 5.93. The maximum atomic E-state index is 13.5. The first-order valence-electron chi connectivity index (χ1n) is 11.0. The predicted molar refractivity (Wildman–Crippen MR) is 127 cm³/mol. The van der Waals surface area contributed by atoms with E-state index < -0.39 is 21.9 Å². The van der Waals surface area contributed by atoms with Gasteiger partial charge in [-0.15, -0.1) is 0 Å². The lowest BCUT2D eigenvalue weighted by Crippen LogP contribution is -2.45. The van der Waals surface area contributed by atoms with Gasteiger partial charge in [0, 0.05) is 24.5 Å². The number of rotatable bonds is 6. The molecule has 0 radical (unpaired) electrons. The fourth-order valence-electron chi connectivity index (χ4n) is 4.32. The summed E-state index contributed by atoms with van der Waals surface area (Å²) in [5.74, 6) is -0.833. The average molecular weight is 479 g/mol. The van der Waals surface area contributed by atoms with E-state index in [1.807, 2.05) is 54.6 Å². The van der Waals surface area contributed by atoms with Crippen molar-refractivity contribution in [3.63, 3.8) is 0 Å². The molecule has 8 heteroatoms. The van der Waals surface area contributed by atoms with Crippen LogP contribution in [0.25, 0.3) is 22.1 Å². The second-order valence-corrected chi connectivity index (χ2v) is 10.1. The van der Waals surface area contributed by atoms with Crippen molar-refractivity contribution in [1.82, 2.24) is 9.62 Å². The van der Waals surface area contributed by atoms with Crippen LogP contribution in [0.5, 0.6) is 0 Å². The number of benzene rings is 3. The molecule has 0 spiro atoms. The molecule has 174 valence electrons. The summed E-state index contributed by atoms with van der Waals surface area (Å²) in [6.07, 6.45) is 0.986. The summed E-state index contributed by atoms with van der Waals surface area (Å²) in [6, 6.07) is 22.1. The third-order valence-corrected chi connectivity index (χ3v) is 7.79. The van der Waals surface area contributed by atoms with Crippen molar-refractivity contribution < 1.29 is 22.0 Å². The standard InChI is InChI=1S/C26H23FN2O4S/c27-22-11-12-24-21(15-22)16-25(33-24)34(31,32)29-13-5-10-23(29)26(30)28-17-18-6-4-9-20(14-18)19-7-2-1-3-8-19/h1-4,6-9,11-12,14-16,23H,5,10,13,17H2,(H,28,30). The molecule has 34 heavy (non-hydrogen) atoms. The second kappa shape index (κ2) is 9.04. The Hall–Kier alpha value is -3.49. The van der Waals surface area contributed by atoms with E-state index in [9.17, 15) is 17.6 Å². The van der Waals surface area contributed by atoms with Gasteiger partial charge in [-0.05, 0) is 53.8 Å². The van der Waals surface area contributed by atoms with Gasteiger partial charge >= 0.3 is 0 Å². The minimum Gasteiger partial charge on any atom is -0.443 e. The summed E-state index contributed by atoms with van der Waals surface area (Å²) in [4.78, 5) is 13.0. The molecule has 4 aromatic rings. The first-order chi connectivity index (χ1) is 16.4. The molecule has 1 aliphatic rings. The largest absolute Gasteiger partial charge is 0.443 e. The third-order valence-electron chi connectivity index (χ3n) is 6.03. The zero-order valence-corrected chi connectivity index (χ0v) is 19.1. The van der Waals surface area contributed by atoms with Crippen molar-refractivity contribution in [2.45, 2.75) is 30.5 Å². The van der Waals surface area contributed by atoms with Crippen molar-refractivity contribution in [2.24, 2.45) is 0 Å². The summed E-state index contributed by atoms with van der Waals surface area (Å²) >= 11 is 0. The molecule has 0 saturated carbocycles. The van der Waals surface area contributed by atoms with Crippen LogP contribution in [0.4, 0.5) is 4.39 Å². The number of hydrogen-bond acceptors (Lipinski definition) is 4. The van der Waals surface area contributed by atoms with E-state index in [1.165, 1.54) is 28.6 Å². The molecule has 1 fully saturated rings. The SMILES string of the molecule is O=C(NCc1cccc(-c2ccccc2)c1)C1CCCN1S(=O)(=O)c1cc2cc(F)ccc2o1. The molecule has 1 unspecified atom stereocenters. The number of furan rings is 1. The molecule has 1 aromatic heterocycles. The summed E-state index contributed by atoms with van der Waals surface area (Å²) in [7, 11) is -4.05. The van der Waals surface area contributed by atoms with E-state index in [0.29, 0.717) is 18.2 Å². The number of fused-ring (bicyclic) bond motifs is 1. The fraction of sp³-hybridized carbons (Fsp3) is 0.192. The molecule has 1 saturated heterocycles. The quantitative estimate of drug-likeness (QED) is 0.435. The molecule has 3 aromatic carbocycles. The van der Waals surface area contributed by atoms with Gasteiger partial charge in [0.25, 0.3) is 10.0 Å². The molecule has 1 atom stereocenters. The Labute approximate surface area is 197 Å². The highest BCUT2D eigenvalue weighted by Crippen LogP contribution is 2.30. The predicted octanol–water partition coefficient (Wildman–Crippen LogP) is 4.71. The van der Waals surface area contributed by atoms with Gasteiger partial charge < -0.3 is 9.73 Å². The Morgan fingerprint density at radius 1 is 1.00 bits per heavy atom. The molecule has 1 aliphatic heterocycles. The number of sulfonamides is 1. The first-order valence-corrected chi connectivity index (χ1v) is 12.5. The van der Waals surface area contributed by atoms with Crippen molar-refractivity contribution in [2.75, 3.05) is 6.54 Å². The van der Waals surface area contributed by atoms with E-state index >= 15 is 0 Å². The summed E-state index contributed by atoms with van der Waals surface area (Å²) < 4.78 is 46.6. The molecule has 0 aliphatic carbocycles. The van der Waals surface area contributed by atoms with E-state index in [1.54, 1.807) is 0 Å². The highest BCUT2D eigenvalue weighted by Gasteiger charge is 2.41. The van der Waals surface area contributed by atoms with Gasteiger partial charge in [-0.2, -0.15) is 4.31 Å². The lowest BCUT2D eigenvalue weighted by Gasteiger charge is -2.22. The summed E-state index contributed by atoms with van der Waals surface area (Å²) in [5, 5.41) is 2.95. The van der Waals surface area contributed by atoms with E-state index in [0.717, 1.165) is 16.7 Å². The summed E-state index contributed by atoms with van der Waals surface area (Å²) in [6.45, 7) is 0.503. The van der Waals surface area contributed by atoms with Gasteiger partial charge in [0.05, 0.1) is 0 Å². The number of halogens is 1. The minimum absolute atomic E-state index is 0.218. The number of amides is 1. The minimum atomic E-state index is -4.05. The number of nitrogens with one attached hydrogen (secondary N) is 1. The molecule has 5 rings (SSSR count). The second-order valence-electron chi connectivity index (χ2n) is 8.31. The van der Waals surface area contributed by atoms with E-state index in [-0.39, 0.29) is 29.7 Å². The van der Waals surface area contributed by atoms with Crippen molar-refractivity contribution in [3.05, 3.63) is 90.2 Å². The highest BCUT2D eigenvalue weighted by atomic mass is 32.2. The molecular formula is C26H23FN2O4S. The van der Waals surface area contributed by atoms with Crippen LogP contribution in [0.3, 0.4) is 0 Å². The summed E-state index contributed by atoms with van der Waals surface area (Å²) in [5.41, 5.74) is 3.31. The van der Waals surface area contributed by atoms with Gasteiger partial charge in [-0.3, -0.25) is 4.79 Å². The molecule has 0 bridgehead atoms. The van der Waals surface area contributed by atoms with Gasteiger partial charge in [-0.1, -0.05) is 48.5 Å². The molecule has 1 amide bonds. The Bertz CT molecular complexity index is 1450. The van der Waals surface area contributed by atoms with Crippen LogP contribution in [-0.2, 0) is 21.4 Å². The number of hydrogen-bond donors (Lipinski definition) is 1. The molecule has 2 heterocycles. The van der Waals surface area contributed by atoms with Crippen LogP contribution >= 0.6 is 0 Å². The normalized spacial score (nSPS) is 16.7. The van der Waals surface area contributed by atoms with Gasteiger partial charge in [0.15, 0.2) is 0 Å². The Balaban J connectivity index is 1.31. The molecular weight excluding hydrogens is 455 g/mol. The highest BCUT2D eigenvalue weighted by molar-refractivity contribution is 7.89. The molecule has 1 N–H and O–H groups in total. The maximum Gasteiger partial charge on any atom is 0.277 e. The average Bonchev–Trinajstić information content (AvgIpc) is 3.51. The van der Waals surface area contributed by atoms with Crippen LogP contribution < -0.4 is 5.32 Å². The zero-order valence-electron chi connectivity index (χ0n) is 18.3. The van der Waals surface area contributed by atoms with Crippen LogP contribution in [0.1, 0.15) is 18.4 Å². The lowest BCUT2D eigenvalue weighted by molar-refractivity contribution is -0.124. The molecule has 6 nitrogen and oxygen atoms in total. The first kappa shape index (κ1) is 22.3. The van der Waals surface area contributed by atoms with Crippen molar-refractivity contribution in [1.29, 1.82) is 0 Å². The Morgan fingerprint density at radius 3 is 2.62 bits per heavy atom. The van der Waals surface area contributed by atoms with Crippen LogP contribution in [-0.4, -0.2) is 31.2 Å². The van der Waals surface area contributed by atoms with Crippen LogP contribution in [0, 0.1) is 5.82 Å². The Morgan fingerprint density at radius 2 is 1.79 bits per heavy atom. The third kappa shape index (κ3) is 4.34. The number of carbonyl (C=O) groups is 1. The maximum absolute atomic E-state index is 13.5. The van der Waals surface area contributed by atoms with Gasteiger partial charge in [-0.25, -0.2) is 12.8 Å². The van der Waals surface area contributed by atoms with E-state index in [4.69, 9.17) is 4.42 Å². The number of carbonyl (C=O) groups excluding carboxylic acids is 1. The lowest BCUT2D eigenvalue weighted by atomic mass is 10.0. The Kier molecular flexibility index (Phi) is 5.93. The zero-order chi connectivity index (χ0) is 23.7. The van der Waals surface area contributed by atoms with Gasteiger partial charge in [0.1, 0.15) is 17.4 Å².